The first-order chi connectivity index (χ1) is 14.7. The van der Waals surface area contributed by atoms with Crippen molar-refractivity contribution >= 4 is 38.9 Å². The minimum atomic E-state index is -3.69. The summed E-state index contributed by atoms with van der Waals surface area (Å²) in [5.41, 5.74) is 4.47. The van der Waals surface area contributed by atoms with Gasteiger partial charge in [0.1, 0.15) is 0 Å². The average molecular weight is 455 g/mol. The van der Waals surface area contributed by atoms with E-state index in [4.69, 9.17) is 11.6 Å². The molecule has 0 saturated heterocycles. The van der Waals surface area contributed by atoms with E-state index in [2.05, 4.69) is 5.32 Å². The normalized spacial score (nSPS) is 15.6. The van der Waals surface area contributed by atoms with Gasteiger partial charge in [0.15, 0.2) is 0 Å². The Kier molecular flexibility index (Phi) is 5.54. The van der Waals surface area contributed by atoms with E-state index in [0.29, 0.717) is 28.4 Å². The van der Waals surface area contributed by atoms with Crippen LogP contribution in [0.3, 0.4) is 0 Å². The predicted octanol–water partition coefficient (Wildman–Crippen LogP) is 5.35. The molecule has 0 unspecified atom stereocenters. The second-order valence-corrected chi connectivity index (χ2v) is 10.2. The number of fused-ring (bicyclic) bond motifs is 1. The number of aryl methyl sites for hydroxylation is 2. The fourth-order valence-electron chi connectivity index (χ4n) is 3.86. The van der Waals surface area contributed by atoms with Gasteiger partial charge in [-0.3, -0.25) is 9.10 Å². The van der Waals surface area contributed by atoms with Crippen LogP contribution in [0.15, 0.2) is 65.6 Å². The molecule has 7 heteroatoms. The Hall–Kier alpha value is -2.83. The van der Waals surface area contributed by atoms with Gasteiger partial charge in [-0.2, -0.15) is 0 Å². The van der Waals surface area contributed by atoms with Crippen molar-refractivity contribution in [2.24, 2.45) is 0 Å². The van der Waals surface area contributed by atoms with Gasteiger partial charge < -0.3 is 5.32 Å². The van der Waals surface area contributed by atoms with Crippen molar-refractivity contribution in [1.29, 1.82) is 0 Å². The van der Waals surface area contributed by atoms with Crippen LogP contribution in [0.2, 0.25) is 5.02 Å². The van der Waals surface area contributed by atoms with Crippen molar-refractivity contribution in [1.82, 2.24) is 0 Å². The third kappa shape index (κ3) is 4.05. The Balaban J connectivity index is 1.64. The first-order valence-corrected chi connectivity index (χ1v) is 11.8. The van der Waals surface area contributed by atoms with Crippen LogP contribution in [-0.4, -0.2) is 20.4 Å². The lowest BCUT2D eigenvalue weighted by molar-refractivity contribution is 0.102. The number of nitrogens with one attached hydrogen (secondary N) is 1. The fraction of sp³-hybridized carbons (Fsp3) is 0.208. The fourth-order valence-corrected chi connectivity index (χ4v) is 5.72. The summed E-state index contributed by atoms with van der Waals surface area (Å²) in [4.78, 5) is 13.1. The highest BCUT2D eigenvalue weighted by Gasteiger charge is 2.36. The van der Waals surface area contributed by atoms with Gasteiger partial charge in [-0.15, -0.1) is 0 Å². The SMILES string of the molecule is Cc1ccc(S(=O)(=O)N2c3ccc(C(=O)Nc4cc(Cl)ccc4C)cc3C[C@H]2C)cc1. The van der Waals surface area contributed by atoms with Crippen molar-refractivity contribution in [3.8, 4) is 0 Å². The molecule has 3 aromatic carbocycles. The van der Waals surface area contributed by atoms with Crippen LogP contribution in [0, 0.1) is 13.8 Å². The number of carbonyl (C=O) groups is 1. The summed E-state index contributed by atoms with van der Waals surface area (Å²) in [6.07, 6.45) is 0.539. The summed E-state index contributed by atoms with van der Waals surface area (Å²) in [5, 5.41) is 3.43. The molecule has 0 saturated carbocycles. The van der Waals surface area contributed by atoms with E-state index < -0.39 is 10.0 Å². The van der Waals surface area contributed by atoms with Crippen LogP contribution in [-0.2, 0) is 16.4 Å². The summed E-state index contributed by atoms with van der Waals surface area (Å²) in [6.45, 7) is 5.69. The van der Waals surface area contributed by atoms with Crippen LogP contribution in [0.25, 0.3) is 0 Å². The maximum Gasteiger partial charge on any atom is 0.264 e. The largest absolute Gasteiger partial charge is 0.322 e. The molecule has 0 aromatic heterocycles. The molecule has 4 rings (SSSR count). The zero-order valence-corrected chi connectivity index (χ0v) is 19.1. The molecule has 0 spiro atoms. The van der Waals surface area contributed by atoms with Crippen LogP contribution in [0.4, 0.5) is 11.4 Å². The Bertz CT molecular complexity index is 1270. The second kappa shape index (κ2) is 8.02. The third-order valence-electron chi connectivity index (χ3n) is 5.52. The van der Waals surface area contributed by atoms with Gasteiger partial charge in [-0.05, 0) is 80.8 Å². The standard InChI is InChI=1S/C24H23ClN2O3S/c1-15-4-9-21(10-5-15)31(29,30)27-17(3)12-19-13-18(7-11-23(19)27)24(28)26-22-14-20(25)8-6-16(22)2/h4-11,13-14,17H,12H2,1-3H3,(H,26,28)/t17-/m1/s1. The Morgan fingerprint density at radius 1 is 1.03 bits per heavy atom. The van der Waals surface area contributed by atoms with Gasteiger partial charge in [0.25, 0.3) is 15.9 Å². The van der Waals surface area contributed by atoms with Crippen LogP contribution >= 0.6 is 11.6 Å². The number of halogens is 1. The van der Waals surface area contributed by atoms with E-state index in [1.807, 2.05) is 26.8 Å². The van der Waals surface area contributed by atoms with Gasteiger partial charge in [0, 0.05) is 22.3 Å². The van der Waals surface area contributed by atoms with E-state index in [-0.39, 0.29) is 16.8 Å². The molecule has 0 aliphatic carbocycles. The first-order valence-electron chi connectivity index (χ1n) is 9.98. The Morgan fingerprint density at radius 3 is 2.45 bits per heavy atom. The van der Waals surface area contributed by atoms with Gasteiger partial charge >= 0.3 is 0 Å². The highest BCUT2D eigenvalue weighted by molar-refractivity contribution is 7.92. The van der Waals surface area contributed by atoms with Gasteiger partial charge in [0.05, 0.1) is 10.6 Å². The predicted molar refractivity (Wildman–Crippen MR) is 125 cm³/mol. The lowest BCUT2D eigenvalue weighted by atomic mass is 10.1. The topological polar surface area (TPSA) is 66.5 Å². The summed E-state index contributed by atoms with van der Waals surface area (Å²) >= 11 is 6.04. The van der Waals surface area contributed by atoms with Crippen molar-refractivity contribution in [2.75, 3.05) is 9.62 Å². The molecular formula is C24H23ClN2O3S. The molecule has 1 amide bonds. The van der Waals surface area contributed by atoms with Crippen molar-refractivity contribution in [3.05, 3.63) is 87.9 Å². The maximum absolute atomic E-state index is 13.3. The zero-order chi connectivity index (χ0) is 22.3. The average Bonchev–Trinajstić information content (AvgIpc) is 3.06. The summed E-state index contributed by atoms with van der Waals surface area (Å²) in [6, 6.07) is 17.1. The highest BCUT2D eigenvalue weighted by atomic mass is 35.5. The number of hydrogen-bond donors (Lipinski definition) is 1. The molecular weight excluding hydrogens is 432 g/mol. The molecule has 1 heterocycles. The number of hydrogen-bond acceptors (Lipinski definition) is 3. The molecule has 160 valence electrons. The molecule has 0 fully saturated rings. The molecule has 0 radical (unpaired) electrons. The lowest BCUT2D eigenvalue weighted by Crippen LogP contribution is -2.35. The molecule has 0 bridgehead atoms. The second-order valence-electron chi connectivity index (χ2n) is 7.92. The summed E-state index contributed by atoms with van der Waals surface area (Å²) in [5.74, 6) is -0.263. The van der Waals surface area contributed by atoms with Crippen molar-refractivity contribution in [3.63, 3.8) is 0 Å². The van der Waals surface area contributed by atoms with E-state index >= 15 is 0 Å². The van der Waals surface area contributed by atoms with Gasteiger partial charge in [-0.1, -0.05) is 35.4 Å². The number of rotatable bonds is 4. The van der Waals surface area contributed by atoms with Crippen LogP contribution < -0.4 is 9.62 Å². The number of anilines is 2. The summed E-state index contributed by atoms with van der Waals surface area (Å²) in [7, 11) is -3.69. The number of sulfonamides is 1. The van der Waals surface area contributed by atoms with E-state index in [1.54, 1.807) is 54.6 Å². The van der Waals surface area contributed by atoms with Crippen molar-refractivity contribution in [2.45, 2.75) is 38.1 Å². The number of carbonyl (C=O) groups excluding carboxylic acids is 1. The molecule has 1 aliphatic heterocycles. The zero-order valence-electron chi connectivity index (χ0n) is 17.5. The van der Waals surface area contributed by atoms with Crippen LogP contribution in [0.1, 0.15) is 34.0 Å². The minimum Gasteiger partial charge on any atom is -0.322 e. The Labute approximate surface area is 187 Å². The quantitative estimate of drug-likeness (QED) is 0.577. The molecule has 3 aromatic rings. The molecule has 31 heavy (non-hydrogen) atoms. The Morgan fingerprint density at radius 2 is 1.74 bits per heavy atom. The molecule has 1 N–H and O–H groups in total. The van der Waals surface area contributed by atoms with Gasteiger partial charge in [0.2, 0.25) is 0 Å². The lowest BCUT2D eigenvalue weighted by Gasteiger charge is -2.24. The summed E-state index contributed by atoms with van der Waals surface area (Å²) < 4.78 is 28.0. The molecule has 5 nitrogen and oxygen atoms in total. The number of amides is 1. The smallest absolute Gasteiger partial charge is 0.264 e. The number of benzene rings is 3. The van der Waals surface area contributed by atoms with E-state index in [1.165, 1.54) is 4.31 Å². The maximum atomic E-state index is 13.3. The van der Waals surface area contributed by atoms with E-state index in [9.17, 15) is 13.2 Å². The highest BCUT2D eigenvalue weighted by Crippen LogP contribution is 2.37. The monoisotopic (exact) mass is 454 g/mol. The van der Waals surface area contributed by atoms with Crippen LogP contribution in [0.5, 0.6) is 0 Å². The molecule has 1 aliphatic rings. The van der Waals surface area contributed by atoms with E-state index in [0.717, 1.165) is 16.7 Å². The number of nitrogens with zero attached hydrogens (tertiary/aromatic N) is 1. The molecule has 1 atom stereocenters. The third-order valence-corrected chi connectivity index (χ3v) is 7.70. The van der Waals surface area contributed by atoms with Gasteiger partial charge in [-0.25, -0.2) is 8.42 Å². The first kappa shape index (κ1) is 21.4. The minimum absolute atomic E-state index is 0.241. The van der Waals surface area contributed by atoms with Crippen molar-refractivity contribution < 1.29 is 13.2 Å².